The molecule has 30 heavy (non-hydrogen) atoms. The van der Waals surface area contributed by atoms with Crippen molar-refractivity contribution in [1.29, 1.82) is 0 Å². The molecule has 0 radical (unpaired) electrons. The van der Waals surface area contributed by atoms with Crippen LogP contribution in [-0.4, -0.2) is 61.3 Å². The Hall–Kier alpha value is -3.83. The molecule has 0 spiro atoms. The molecule has 0 aliphatic carbocycles. The van der Waals surface area contributed by atoms with Gasteiger partial charge in [-0.1, -0.05) is 0 Å². The number of esters is 1. The van der Waals surface area contributed by atoms with Gasteiger partial charge >= 0.3 is 12.1 Å². The lowest BCUT2D eigenvalue weighted by molar-refractivity contribution is -0.384. The SMILES string of the molecule is COC(=O)[C@H](Cn1cncn1)N(C(=O)OC(C)(C)C)C(=O)c1ccc([N+](=O)[O-])cc1. The molecule has 0 saturated heterocycles. The maximum Gasteiger partial charge on any atom is 0.418 e. The van der Waals surface area contributed by atoms with Gasteiger partial charge in [-0.2, -0.15) is 5.10 Å². The average Bonchev–Trinajstić information content (AvgIpc) is 3.18. The van der Waals surface area contributed by atoms with Crippen LogP contribution >= 0.6 is 0 Å². The second-order valence-electron chi connectivity index (χ2n) is 7.12. The van der Waals surface area contributed by atoms with Crippen molar-refractivity contribution >= 4 is 23.7 Å². The number of hydrogen-bond donors (Lipinski definition) is 0. The summed E-state index contributed by atoms with van der Waals surface area (Å²) in [6.07, 6.45) is 1.45. The molecule has 0 unspecified atom stereocenters. The van der Waals surface area contributed by atoms with Gasteiger partial charge in [-0.3, -0.25) is 19.6 Å². The molecule has 0 aliphatic heterocycles. The zero-order chi connectivity index (χ0) is 22.5. The third-order valence-corrected chi connectivity index (χ3v) is 3.75. The van der Waals surface area contributed by atoms with Gasteiger partial charge in [-0.25, -0.2) is 19.5 Å². The number of hydrogen-bond acceptors (Lipinski definition) is 9. The summed E-state index contributed by atoms with van der Waals surface area (Å²) in [5.74, 6) is -1.78. The van der Waals surface area contributed by atoms with Crippen molar-refractivity contribution in [2.45, 2.75) is 39.0 Å². The monoisotopic (exact) mass is 419 g/mol. The number of benzene rings is 1. The van der Waals surface area contributed by atoms with E-state index in [1.54, 1.807) is 20.8 Å². The van der Waals surface area contributed by atoms with Gasteiger partial charge in [0.25, 0.3) is 11.6 Å². The zero-order valence-corrected chi connectivity index (χ0v) is 16.8. The van der Waals surface area contributed by atoms with Crippen LogP contribution in [0.25, 0.3) is 0 Å². The fraction of sp³-hybridized carbons (Fsp3) is 0.389. The van der Waals surface area contributed by atoms with Crippen LogP contribution in [-0.2, 0) is 20.8 Å². The summed E-state index contributed by atoms with van der Waals surface area (Å²) in [7, 11) is 1.11. The van der Waals surface area contributed by atoms with Crippen molar-refractivity contribution in [2.24, 2.45) is 0 Å². The first kappa shape index (κ1) is 22.5. The predicted octanol–water partition coefficient (Wildman–Crippen LogP) is 1.81. The lowest BCUT2D eigenvalue weighted by atomic mass is 10.1. The Morgan fingerprint density at radius 2 is 1.87 bits per heavy atom. The fourth-order valence-corrected chi connectivity index (χ4v) is 2.43. The van der Waals surface area contributed by atoms with E-state index in [4.69, 9.17) is 9.47 Å². The summed E-state index contributed by atoms with van der Waals surface area (Å²) >= 11 is 0. The number of carbonyl (C=O) groups excluding carboxylic acids is 3. The van der Waals surface area contributed by atoms with Crippen molar-refractivity contribution in [3.8, 4) is 0 Å². The Balaban J connectivity index is 2.47. The van der Waals surface area contributed by atoms with E-state index in [1.807, 2.05) is 0 Å². The Morgan fingerprint density at radius 3 is 2.33 bits per heavy atom. The largest absolute Gasteiger partial charge is 0.467 e. The summed E-state index contributed by atoms with van der Waals surface area (Å²) in [6, 6.07) is 3.17. The average molecular weight is 419 g/mol. The highest BCUT2D eigenvalue weighted by molar-refractivity contribution is 6.05. The minimum Gasteiger partial charge on any atom is -0.467 e. The van der Waals surface area contributed by atoms with E-state index in [0.717, 1.165) is 19.2 Å². The van der Waals surface area contributed by atoms with Crippen LogP contribution in [0.3, 0.4) is 0 Å². The third-order valence-electron chi connectivity index (χ3n) is 3.75. The molecule has 0 aliphatic rings. The van der Waals surface area contributed by atoms with Crippen molar-refractivity contribution in [3.63, 3.8) is 0 Å². The van der Waals surface area contributed by atoms with Crippen molar-refractivity contribution in [3.05, 3.63) is 52.6 Å². The maximum absolute atomic E-state index is 13.1. The number of methoxy groups -OCH3 is 1. The third kappa shape index (κ3) is 5.59. The van der Waals surface area contributed by atoms with Gasteiger partial charge in [0.15, 0.2) is 6.04 Å². The first-order valence-corrected chi connectivity index (χ1v) is 8.74. The Kier molecular flexibility index (Phi) is 6.82. The second kappa shape index (κ2) is 9.11. The summed E-state index contributed by atoms with van der Waals surface area (Å²) in [4.78, 5) is 53.1. The highest BCUT2D eigenvalue weighted by atomic mass is 16.6. The van der Waals surface area contributed by atoms with Gasteiger partial charge in [0.2, 0.25) is 0 Å². The molecule has 12 nitrogen and oxygen atoms in total. The van der Waals surface area contributed by atoms with E-state index >= 15 is 0 Å². The molecule has 12 heteroatoms. The number of nitrogens with zero attached hydrogens (tertiary/aromatic N) is 5. The number of rotatable bonds is 6. The molecule has 160 valence electrons. The van der Waals surface area contributed by atoms with E-state index in [0.29, 0.717) is 4.90 Å². The second-order valence-corrected chi connectivity index (χ2v) is 7.12. The Bertz CT molecular complexity index is 919. The molecule has 1 atom stereocenters. The number of nitro groups is 1. The summed E-state index contributed by atoms with van der Waals surface area (Å²) in [6.45, 7) is 4.57. The highest BCUT2D eigenvalue weighted by Crippen LogP contribution is 2.19. The Morgan fingerprint density at radius 1 is 1.23 bits per heavy atom. The van der Waals surface area contributed by atoms with Gasteiger partial charge in [0.05, 0.1) is 18.6 Å². The first-order chi connectivity index (χ1) is 14.0. The lowest BCUT2D eigenvalue weighted by Crippen LogP contribution is -2.52. The zero-order valence-electron chi connectivity index (χ0n) is 16.8. The number of carbonyl (C=O) groups is 3. The molecule has 0 saturated carbocycles. The molecule has 2 rings (SSSR count). The summed E-state index contributed by atoms with van der Waals surface area (Å²) in [5.41, 5.74) is -1.25. The van der Waals surface area contributed by atoms with E-state index in [9.17, 15) is 24.5 Å². The minimum absolute atomic E-state index is 0.0565. The molecule has 0 N–H and O–H groups in total. The molecule has 0 fully saturated rings. The minimum atomic E-state index is -1.42. The van der Waals surface area contributed by atoms with E-state index in [1.165, 1.54) is 29.5 Å². The predicted molar refractivity (Wildman–Crippen MR) is 101 cm³/mol. The molecule has 1 heterocycles. The van der Waals surface area contributed by atoms with Crippen LogP contribution in [0.4, 0.5) is 10.5 Å². The topological polar surface area (TPSA) is 147 Å². The number of non-ortho nitro benzene ring substituents is 1. The van der Waals surface area contributed by atoms with Crippen molar-refractivity contribution in [1.82, 2.24) is 19.7 Å². The van der Waals surface area contributed by atoms with Crippen LogP contribution in [0.1, 0.15) is 31.1 Å². The standard InChI is InChI=1S/C18H21N5O7/c1-18(2,3)30-17(26)22(14(16(25)29-4)9-21-11-19-10-20-21)15(24)12-5-7-13(8-6-12)23(27)28/h5-8,10-11,14H,9H2,1-4H3/t14-/m0/s1. The van der Waals surface area contributed by atoms with Gasteiger partial charge in [0.1, 0.15) is 18.3 Å². The van der Waals surface area contributed by atoms with Crippen LogP contribution in [0, 0.1) is 10.1 Å². The lowest BCUT2D eigenvalue weighted by Gasteiger charge is -2.30. The van der Waals surface area contributed by atoms with E-state index in [2.05, 4.69) is 10.1 Å². The van der Waals surface area contributed by atoms with Gasteiger partial charge in [0, 0.05) is 17.7 Å². The van der Waals surface area contributed by atoms with Crippen molar-refractivity contribution < 1.29 is 28.8 Å². The van der Waals surface area contributed by atoms with E-state index < -0.39 is 34.5 Å². The maximum atomic E-state index is 13.1. The highest BCUT2D eigenvalue weighted by Gasteiger charge is 2.39. The first-order valence-electron chi connectivity index (χ1n) is 8.74. The number of imide groups is 1. The normalized spacial score (nSPS) is 12.0. The van der Waals surface area contributed by atoms with Crippen molar-refractivity contribution in [2.75, 3.05) is 7.11 Å². The molecule has 1 aromatic heterocycles. The number of amides is 2. The van der Waals surface area contributed by atoms with Gasteiger partial charge in [-0.15, -0.1) is 0 Å². The summed E-state index contributed by atoms with van der Waals surface area (Å²) < 4.78 is 11.3. The van der Waals surface area contributed by atoms with Crippen LogP contribution in [0.15, 0.2) is 36.9 Å². The quantitative estimate of drug-likeness (QED) is 0.388. The summed E-state index contributed by atoms with van der Waals surface area (Å²) in [5, 5.41) is 14.7. The number of aromatic nitrogens is 3. The molecule has 2 amide bonds. The Labute approximate surface area is 171 Å². The van der Waals surface area contributed by atoms with E-state index in [-0.39, 0.29) is 17.8 Å². The molecule has 2 aromatic rings. The molecular formula is C18H21N5O7. The number of nitro benzene ring substituents is 1. The smallest absolute Gasteiger partial charge is 0.418 e. The molecule has 1 aromatic carbocycles. The van der Waals surface area contributed by atoms with Gasteiger partial charge < -0.3 is 9.47 Å². The fourth-order valence-electron chi connectivity index (χ4n) is 2.43. The van der Waals surface area contributed by atoms with Crippen LogP contribution in [0.2, 0.25) is 0 Å². The molecule has 0 bridgehead atoms. The van der Waals surface area contributed by atoms with Crippen LogP contribution < -0.4 is 0 Å². The van der Waals surface area contributed by atoms with Gasteiger partial charge in [-0.05, 0) is 32.9 Å². The molecular weight excluding hydrogens is 398 g/mol. The van der Waals surface area contributed by atoms with Crippen LogP contribution in [0.5, 0.6) is 0 Å². The number of ether oxygens (including phenoxy) is 2.